The fourth-order valence-electron chi connectivity index (χ4n) is 1.96. The van der Waals surface area contributed by atoms with E-state index in [9.17, 15) is 5.11 Å². The molecule has 1 aromatic heterocycles. The minimum atomic E-state index is -0.202. The molecule has 0 aromatic carbocycles. The molecule has 0 spiro atoms. The molecule has 1 atom stereocenters. The van der Waals surface area contributed by atoms with Crippen LogP contribution >= 0.6 is 11.3 Å². The van der Waals surface area contributed by atoms with E-state index >= 15 is 0 Å². The summed E-state index contributed by atoms with van der Waals surface area (Å²) in [7, 11) is 0. The van der Waals surface area contributed by atoms with Crippen LogP contribution in [0.15, 0.2) is 5.38 Å². The first-order valence-corrected chi connectivity index (χ1v) is 7.69. The van der Waals surface area contributed by atoms with Gasteiger partial charge in [0.1, 0.15) is 0 Å². The highest BCUT2D eigenvalue weighted by atomic mass is 32.1. The Morgan fingerprint density at radius 3 is 2.59 bits per heavy atom. The number of aromatic nitrogens is 1. The Balaban J connectivity index is 2.03. The fourth-order valence-corrected chi connectivity index (χ4v) is 2.80. The van der Waals surface area contributed by atoms with Gasteiger partial charge in [-0.2, -0.15) is 0 Å². The lowest BCUT2D eigenvalue weighted by molar-refractivity contribution is 0.160. The normalized spacial score (nSPS) is 12.9. The van der Waals surface area contributed by atoms with Crippen LogP contribution in [-0.4, -0.2) is 16.2 Å². The summed E-state index contributed by atoms with van der Waals surface area (Å²) in [5.41, 5.74) is 1.07. The van der Waals surface area contributed by atoms with Gasteiger partial charge in [-0.25, -0.2) is 4.98 Å². The highest BCUT2D eigenvalue weighted by molar-refractivity contribution is 7.09. The van der Waals surface area contributed by atoms with Crippen LogP contribution in [0.25, 0.3) is 0 Å². The van der Waals surface area contributed by atoms with Crippen molar-refractivity contribution in [3.05, 3.63) is 16.1 Å². The Labute approximate surface area is 109 Å². The highest BCUT2D eigenvalue weighted by Gasteiger charge is 2.07. The van der Waals surface area contributed by atoms with Gasteiger partial charge in [0.15, 0.2) is 0 Å². The molecule has 17 heavy (non-hydrogen) atoms. The van der Waals surface area contributed by atoms with E-state index in [1.807, 2.05) is 12.3 Å². The average Bonchev–Trinajstić information content (AvgIpc) is 2.69. The third kappa shape index (κ3) is 6.79. The van der Waals surface area contributed by atoms with Crippen LogP contribution in [0.1, 0.15) is 62.6 Å². The zero-order valence-electron chi connectivity index (χ0n) is 11.1. The van der Waals surface area contributed by atoms with Crippen molar-refractivity contribution in [2.24, 2.45) is 0 Å². The van der Waals surface area contributed by atoms with Crippen LogP contribution in [0.3, 0.4) is 0 Å². The first kappa shape index (κ1) is 14.7. The van der Waals surface area contributed by atoms with Crippen molar-refractivity contribution in [2.45, 2.75) is 71.3 Å². The van der Waals surface area contributed by atoms with E-state index in [-0.39, 0.29) is 6.10 Å². The summed E-state index contributed by atoms with van der Waals surface area (Å²) >= 11 is 1.66. The predicted molar refractivity (Wildman–Crippen MR) is 74.6 cm³/mol. The van der Waals surface area contributed by atoms with Gasteiger partial charge in [0.2, 0.25) is 0 Å². The van der Waals surface area contributed by atoms with Crippen molar-refractivity contribution in [3.63, 3.8) is 0 Å². The van der Waals surface area contributed by atoms with Crippen LogP contribution in [0.4, 0.5) is 0 Å². The summed E-state index contributed by atoms with van der Waals surface area (Å²) in [6.07, 6.45) is 9.16. The van der Waals surface area contributed by atoms with Gasteiger partial charge in [0, 0.05) is 17.5 Å². The highest BCUT2D eigenvalue weighted by Crippen LogP contribution is 2.14. The smallest absolute Gasteiger partial charge is 0.0953 e. The van der Waals surface area contributed by atoms with Crippen LogP contribution in [0, 0.1) is 6.92 Å². The molecule has 1 rings (SSSR count). The monoisotopic (exact) mass is 255 g/mol. The third-order valence-electron chi connectivity index (χ3n) is 2.97. The molecule has 3 heteroatoms. The van der Waals surface area contributed by atoms with Crippen molar-refractivity contribution in [2.75, 3.05) is 0 Å². The minimum Gasteiger partial charge on any atom is -0.393 e. The Kier molecular flexibility index (Phi) is 7.45. The first-order valence-electron chi connectivity index (χ1n) is 6.81. The fraction of sp³-hybridized carbons (Fsp3) is 0.786. The van der Waals surface area contributed by atoms with E-state index in [1.165, 1.54) is 32.1 Å². The number of hydrogen-bond donors (Lipinski definition) is 1. The second-order valence-corrected chi connectivity index (χ2v) is 5.74. The van der Waals surface area contributed by atoms with Gasteiger partial charge in [0.05, 0.1) is 11.1 Å². The molecule has 0 saturated heterocycles. The molecular weight excluding hydrogens is 230 g/mol. The van der Waals surface area contributed by atoms with Crippen molar-refractivity contribution >= 4 is 11.3 Å². The van der Waals surface area contributed by atoms with Gasteiger partial charge < -0.3 is 5.11 Å². The molecule has 1 unspecified atom stereocenters. The summed E-state index contributed by atoms with van der Waals surface area (Å²) in [5, 5.41) is 13.0. The van der Waals surface area contributed by atoms with Gasteiger partial charge in [-0.1, -0.05) is 45.4 Å². The maximum Gasteiger partial charge on any atom is 0.0953 e. The molecule has 1 heterocycles. The van der Waals surface area contributed by atoms with E-state index in [0.717, 1.165) is 30.0 Å². The second-order valence-electron chi connectivity index (χ2n) is 4.80. The van der Waals surface area contributed by atoms with Crippen molar-refractivity contribution in [3.8, 4) is 0 Å². The Hall–Kier alpha value is -0.410. The van der Waals surface area contributed by atoms with Gasteiger partial charge in [-0.05, 0) is 13.3 Å². The van der Waals surface area contributed by atoms with Crippen molar-refractivity contribution in [1.29, 1.82) is 0 Å². The van der Waals surface area contributed by atoms with E-state index in [4.69, 9.17) is 0 Å². The lowest BCUT2D eigenvalue weighted by Gasteiger charge is -2.08. The van der Waals surface area contributed by atoms with Gasteiger partial charge in [0.25, 0.3) is 0 Å². The van der Waals surface area contributed by atoms with Crippen molar-refractivity contribution in [1.82, 2.24) is 4.98 Å². The Morgan fingerprint density at radius 2 is 1.94 bits per heavy atom. The molecule has 1 N–H and O–H groups in total. The van der Waals surface area contributed by atoms with E-state index in [2.05, 4.69) is 11.9 Å². The van der Waals surface area contributed by atoms with Crippen LogP contribution in [0.5, 0.6) is 0 Å². The maximum absolute atomic E-state index is 9.88. The minimum absolute atomic E-state index is 0.202. The summed E-state index contributed by atoms with van der Waals surface area (Å²) in [6.45, 7) is 4.24. The quantitative estimate of drug-likeness (QED) is 0.674. The number of aliphatic hydroxyl groups excluding tert-OH is 1. The molecule has 2 nitrogen and oxygen atoms in total. The van der Waals surface area contributed by atoms with Gasteiger partial charge >= 0.3 is 0 Å². The number of rotatable bonds is 9. The number of unbranched alkanes of at least 4 members (excludes halogenated alkanes) is 5. The molecule has 0 bridgehead atoms. The van der Waals surface area contributed by atoms with Crippen molar-refractivity contribution < 1.29 is 5.11 Å². The Bertz CT molecular complexity index is 298. The summed E-state index contributed by atoms with van der Waals surface area (Å²) < 4.78 is 0. The lowest BCUT2D eigenvalue weighted by Crippen LogP contribution is -2.10. The van der Waals surface area contributed by atoms with Gasteiger partial charge in [-0.3, -0.25) is 0 Å². The van der Waals surface area contributed by atoms with Gasteiger partial charge in [-0.15, -0.1) is 11.3 Å². The zero-order chi connectivity index (χ0) is 12.5. The summed E-state index contributed by atoms with van der Waals surface area (Å²) in [4.78, 5) is 4.38. The molecule has 0 aliphatic carbocycles. The molecule has 0 amide bonds. The standard InChI is InChI=1S/C14H25NOS/c1-3-4-5-6-7-8-9-13(16)10-14-15-12(2)11-17-14/h11,13,16H,3-10H2,1-2H3. The maximum atomic E-state index is 9.88. The predicted octanol–water partition coefficient (Wildman–Crippen LogP) is 4.11. The number of aryl methyl sites for hydroxylation is 1. The largest absolute Gasteiger partial charge is 0.393 e. The topological polar surface area (TPSA) is 33.1 Å². The number of hydrogen-bond acceptors (Lipinski definition) is 3. The van der Waals surface area contributed by atoms with Crippen LogP contribution in [0.2, 0.25) is 0 Å². The number of thiazole rings is 1. The third-order valence-corrected chi connectivity index (χ3v) is 3.96. The molecule has 98 valence electrons. The molecule has 0 aliphatic rings. The molecule has 0 saturated carbocycles. The van der Waals surface area contributed by atoms with E-state index in [1.54, 1.807) is 11.3 Å². The van der Waals surface area contributed by atoms with Crippen LogP contribution < -0.4 is 0 Å². The molecular formula is C14H25NOS. The number of aliphatic hydroxyl groups is 1. The molecule has 1 aromatic rings. The molecule has 0 aliphatic heterocycles. The first-order chi connectivity index (χ1) is 8.22. The van der Waals surface area contributed by atoms with Crippen LogP contribution in [-0.2, 0) is 6.42 Å². The average molecular weight is 255 g/mol. The van der Waals surface area contributed by atoms with E-state index in [0.29, 0.717) is 0 Å². The molecule has 0 fully saturated rings. The number of nitrogens with zero attached hydrogens (tertiary/aromatic N) is 1. The lowest BCUT2D eigenvalue weighted by atomic mass is 10.1. The Morgan fingerprint density at radius 1 is 1.24 bits per heavy atom. The summed E-state index contributed by atoms with van der Waals surface area (Å²) in [5.74, 6) is 0. The van der Waals surface area contributed by atoms with E-state index < -0.39 is 0 Å². The molecule has 0 radical (unpaired) electrons. The second kappa shape index (κ2) is 8.65. The summed E-state index contributed by atoms with van der Waals surface area (Å²) in [6, 6.07) is 0. The SMILES string of the molecule is CCCCCCCCC(O)Cc1nc(C)cs1. The zero-order valence-corrected chi connectivity index (χ0v) is 11.9.